The first kappa shape index (κ1) is 20.7. The smallest absolute Gasteiger partial charge is 0.325 e. The van der Waals surface area contributed by atoms with Crippen molar-refractivity contribution in [1.29, 1.82) is 0 Å². The molecule has 0 radical (unpaired) electrons. The van der Waals surface area contributed by atoms with Crippen molar-refractivity contribution < 1.29 is 13.2 Å². The monoisotopic (exact) mass is 444 g/mol. The van der Waals surface area contributed by atoms with Crippen LogP contribution in [0, 0.1) is 0 Å². The molecule has 1 aliphatic heterocycles. The van der Waals surface area contributed by atoms with Gasteiger partial charge in [-0.15, -0.1) is 0 Å². The topological polar surface area (TPSA) is 60.9 Å². The van der Waals surface area contributed by atoms with E-state index in [-0.39, 0.29) is 12.1 Å². The van der Waals surface area contributed by atoms with Gasteiger partial charge in [0.05, 0.1) is 34.8 Å². The van der Waals surface area contributed by atoms with E-state index in [2.05, 4.69) is 14.5 Å². The molecule has 3 aromatic heterocycles. The van der Waals surface area contributed by atoms with E-state index >= 15 is 0 Å². The summed E-state index contributed by atoms with van der Waals surface area (Å²) in [7, 11) is 0. The van der Waals surface area contributed by atoms with Crippen molar-refractivity contribution in [1.82, 2.24) is 28.6 Å². The van der Waals surface area contributed by atoms with Crippen LogP contribution in [0.15, 0.2) is 47.5 Å². The fourth-order valence-corrected chi connectivity index (χ4v) is 4.54. The standard InChI is InChI=1S/C22H23F3N6O/c23-22(24,25)15-31-18-7-8-26-13-19(18)30(21(31)32)14-20-27-16-5-1-2-6-17(16)29(20)12-11-28-9-3-4-10-28/h1-2,5-8,13H,3-4,9-12,14-15H2. The van der Waals surface area contributed by atoms with Gasteiger partial charge in [0.15, 0.2) is 0 Å². The van der Waals surface area contributed by atoms with Crippen molar-refractivity contribution in [3.63, 3.8) is 0 Å². The van der Waals surface area contributed by atoms with Crippen LogP contribution in [0.1, 0.15) is 18.7 Å². The van der Waals surface area contributed by atoms with E-state index in [0.717, 1.165) is 35.2 Å². The Labute approximate surface area is 181 Å². The van der Waals surface area contributed by atoms with Crippen LogP contribution in [0.2, 0.25) is 0 Å². The van der Waals surface area contributed by atoms with Crippen LogP contribution in [-0.4, -0.2) is 54.4 Å². The molecule has 0 bridgehead atoms. The quantitative estimate of drug-likeness (QED) is 0.458. The molecule has 4 aromatic rings. The fourth-order valence-electron chi connectivity index (χ4n) is 4.54. The van der Waals surface area contributed by atoms with Gasteiger partial charge in [-0.05, 0) is 44.1 Å². The van der Waals surface area contributed by atoms with Gasteiger partial charge in [-0.3, -0.25) is 14.1 Å². The Hall–Kier alpha value is -3.14. The molecule has 168 valence electrons. The molecule has 1 fully saturated rings. The lowest BCUT2D eigenvalue weighted by molar-refractivity contribution is -0.140. The van der Waals surface area contributed by atoms with Gasteiger partial charge in [0.2, 0.25) is 0 Å². The molecule has 1 saturated heterocycles. The lowest BCUT2D eigenvalue weighted by Crippen LogP contribution is -2.31. The third kappa shape index (κ3) is 3.90. The van der Waals surface area contributed by atoms with Gasteiger partial charge >= 0.3 is 11.9 Å². The maximum atomic E-state index is 13.1. The third-order valence-electron chi connectivity index (χ3n) is 6.03. The molecule has 0 unspecified atom stereocenters. The van der Waals surface area contributed by atoms with Crippen LogP contribution in [-0.2, 0) is 19.6 Å². The van der Waals surface area contributed by atoms with Crippen LogP contribution < -0.4 is 5.69 Å². The number of halogens is 3. The summed E-state index contributed by atoms with van der Waals surface area (Å²) in [6.07, 6.45) is 0.706. The SMILES string of the molecule is O=c1n(Cc2nc3ccccc3n2CCN2CCCC2)c2cnccc2n1CC(F)(F)F. The predicted molar refractivity (Wildman–Crippen MR) is 115 cm³/mol. The Kier molecular flexibility index (Phi) is 5.24. The van der Waals surface area contributed by atoms with Crippen LogP contribution >= 0.6 is 0 Å². The van der Waals surface area contributed by atoms with Crippen molar-refractivity contribution in [2.24, 2.45) is 0 Å². The molecule has 0 N–H and O–H groups in total. The Morgan fingerprint density at radius 3 is 2.47 bits per heavy atom. The lowest BCUT2D eigenvalue weighted by Gasteiger charge is -2.17. The first-order valence-corrected chi connectivity index (χ1v) is 10.7. The van der Waals surface area contributed by atoms with Crippen LogP contribution in [0.25, 0.3) is 22.1 Å². The average molecular weight is 444 g/mol. The number of benzene rings is 1. The van der Waals surface area contributed by atoms with Crippen molar-refractivity contribution >= 4 is 22.1 Å². The molecule has 7 nitrogen and oxygen atoms in total. The van der Waals surface area contributed by atoms with E-state index in [1.165, 1.54) is 35.9 Å². The Morgan fingerprint density at radius 2 is 1.69 bits per heavy atom. The number of fused-ring (bicyclic) bond motifs is 2. The zero-order valence-electron chi connectivity index (χ0n) is 17.4. The molecule has 1 aliphatic rings. The molecule has 0 saturated carbocycles. The molecule has 5 rings (SSSR count). The summed E-state index contributed by atoms with van der Waals surface area (Å²) in [5.41, 5.74) is 1.60. The highest BCUT2D eigenvalue weighted by Gasteiger charge is 2.31. The molecular formula is C22H23F3N6O. The van der Waals surface area contributed by atoms with Crippen LogP contribution in [0.5, 0.6) is 0 Å². The van der Waals surface area contributed by atoms with Crippen LogP contribution in [0.3, 0.4) is 0 Å². The highest BCUT2D eigenvalue weighted by atomic mass is 19.4. The number of likely N-dealkylation sites (tertiary alicyclic amines) is 1. The Bertz CT molecular complexity index is 1310. The van der Waals surface area contributed by atoms with Gasteiger partial charge in [0.25, 0.3) is 0 Å². The van der Waals surface area contributed by atoms with Gasteiger partial charge < -0.3 is 9.47 Å². The molecule has 0 spiro atoms. The lowest BCUT2D eigenvalue weighted by atomic mass is 10.3. The van der Waals surface area contributed by atoms with Crippen molar-refractivity contribution in [3.05, 3.63) is 59.0 Å². The maximum absolute atomic E-state index is 13.1. The van der Waals surface area contributed by atoms with E-state index in [1.54, 1.807) is 0 Å². The number of pyridine rings is 1. The second kappa shape index (κ2) is 8.09. The summed E-state index contributed by atoms with van der Waals surface area (Å²) >= 11 is 0. The maximum Gasteiger partial charge on any atom is 0.406 e. The van der Waals surface area contributed by atoms with Crippen molar-refractivity contribution in [2.45, 2.75) is 38.7 Å². The summed E-state index contributed by atoms with van der Waals surface area (Å²) in [5.74, 6) is 0.641. The minimum Gasteiger partial charge on any atom is -0.325 e. The van der Waals surface area contributed by atoms with Gasteiger partial charge in [-0.2, -0.15) is 13.2 Å². The van der Waals surface area contributed by atoms with Crippen LogP contribution in [0.4, 0.5) is 13.2 Å². The minimum atomic E-state index is -4.50. The highest BCUT2D eigenvalue weighted by molar-refractivity contribution is 5.77. The number of alkyl halides is 3. The molecule has 32 heavy (non-hydrogen) atoms. The predicted octanol–water partition coefficient (Wildman–Crippen LogP) is 3.25. The largest absolute Gasteiger partial charge is 0.406 e. The number of hydrogen-bond acceptors (Lipinski definition) is 4. The highest BCUT2D eigenvalue weighted by Crippen LogP contribution is 2.22. The summed E-state index contributed by atoms with van der Waals surface area (Å²) in [6.45, 7) is 2.42. The van der Waals surface area contributed by atoms with Gasteiger partial charge in [-0.25, -0.2) is 9.78 Å². The molecule has 10 heteroatoms. The first-order chi connectivity index (χ1) is 15.4. The van der Waals surface area contributed by atoms with Crippen molar-refractivity contribution in [3.8, 4) is 0 Å². The van der Waals surface area contributed by atoms with E-state index in [0.29, 0.717) is 17.9 Å². The summed E-state index contributed by atoms with van der Waals surface area (Å²) in [6, 6.07) is 9.16. The molecule has 4 heterocycles. The zero-order chi connectivity index (χ0) is 22.3. The summed E-state index contributed by atoms with van der Waals surface area (Å²) < 4.78 is 43.6. The van der Waals surface area contributed by atoms with Crippen molar-refractivity contribution in [2.75, 3.05) is 19.6 Å². The number of aromatic nitrogens is 5. The molecule has 0 amide bonds. The van der Waals surface area contributed by atoms with E-state index in [9.17, 15) is 18.0 Å². The Morgan fingerprint density at radius 1 is 0.906 bits per heavy atom. The molecule has 0 atom stereocenters. The summed E-state index contributed by atoms with van der Waals surface area (Å²) in [5, 5.41) is 0. The second-order valence-electron chi connectivity index (χ2n) is 8.15. The first-order valence-electron chi connectivity index (χ1n) is 10.7. The number of hydrogen-bond donors (Lipinski definition) is 0. The van der Waals surface area contributed by atoms with E-state index < -0.39 is 18.4 Å². The summed E-state index contributed by atoms with van der Waals surface area (Å²) in [4.78, 5) is 24.2. The second-order valence-corrected chi connectivity index (χ2v) is 8.15. The average Bonchev–Trinajstić information content (AvgIpc) is 3.46. The van der Waals surface area contributed by atoms with E-state index in [1.807, 2.05) is 24.3 Å². The molecule has 0 aliphatic carbocycles. The number of rotatable bonds is 6. The zero-order valence-corrected chi connectivity index (χ0v) is 17.4. The number of nitrogens with zero attached hydrogens (tertiary/aromatic N) is 6. The Balaban J connectivity index is 1.56. The van der Waals surface area contributed by atoms with E-state index in [4.69, 9.17) is 4.98 Å². The molecular weight excluding hydrogens is 421 g/mol. The fraction of sp³-hybridized carbons (Fsp3) is 0.409. The third-order valence-corrected chi connectivity index (χ3v) is 6.03. The van der Waals surface area contributed by atoms with Gasteiger partial charge in [-0.1, -0.05) is 12.1 Å². The van der Waals surface area contributed by atoms with Gasteiger partial charge in [0, 0.05) is 19.3 Å². The minimum absolute atomic E-state index is 0.0700. The normalized spacial score (nSPS) is 15.3. The number of imidazole rings is 2. The van der Waals surface area contributed by atoms with Gasteiger partial charge in [0.1, 0.15) is 12.4 Å². The molecule has 1 aromatic carbocycles. The number of para-hydroxylation sites is 2.